The fourth-order valence-corrected chi connectivity index (χ4v) is 3.82. The standard InChI is InChI=1S/C17H26ClNO3S/c1-4-14(19-22-8-6-7-18)17-15(20)10-13(11-16(17)21)9-12(3)23-5-2/h6-7,12-13,20H,4-5,8-11H2,1-3H3/b7-6+,19-14-/t12-,13-/m0/s1. The maximum absolute atomic E-state index is 12.4. The number of thioether (sulfide) groups is 1. The molecule has 0 saturated heterocycles. The zero-order valence-corrected chi connectivity index (χ0v) is 15.6. The van der Waals surface area contributed by atoms with Crippen molar-refractivity contribution in [2.24, 2.45) is 11.1 Å². The number of ketones is 1. The summed E-state index contributed by atoms with van der Waals surface area (Å²) in [5.41, 5.74) is 2.20. The molecule has 0 bridgehead atoms. The highest BCUT2D eigenvalue weighted by molar-refractivity contribution is 7.99. The SMILES string of the molecule is CCS[C@@H](C)C[C@@H]1CC(=O)C(/C(CC)=N\OC/C=C/Cl)=C(O)C1. The Morgan fingerprint density at radius 2 is 2.26 bits per heavy atom. The van der Waals surface area contributed by atoms with Crippen molar-refractivity contribution in [2.45, 2.75) is 51.7 Å². The number of carbonyl (C=O) groups excluding carboxylic acids is 1. The lowest BCUT2D eigenvalue weighted by Crippen LogP contribution is -2.26. The smallest absolute Gasteiger partial charge is 0.168 e. The van der Waals surface area contributed by atoms with E-state index in [1.54, 1.807) is 6.08 Å². The Morgan fingerprint density at radius 1 is 1.52 bits per heavy atom. The summed E-state index contributed by atoms with van der Waals surface area (Å²) < 4.78 is 0. The van der Waals surface area contributed by atoms with Crippen LogP contribution in [0.2, 0.25) is 0 Å². The van der Waals surface area contributed by atoms with Crippen molar-refractivity contribution < 1.29 is 14.7 Å². The summed E-state index contributed by atoms with van der Waals surface area (Å²) in [6.45, 7) is 6.43. The third-order valence-corrected chi connectivity index (χ3v) is 4.97. The molecule has 0 fully saturated rings. The third kappa shape index (κ3) is 6.60. The predicted octanol–water partition coefficient (Wildman–Crippen LogP) is 4.84. The van der Waals surface area contributed by atoms with Gasteiger partial charge in [0.2, 0.25) is 0 Å². The number of halogens is 1. The molecular weight excluding hydrogens is 334 g/mol. The van der Waals surface area contributed by atoms with E-state index in [-0.39, 0.29) is 24.1 Å². The van der Waals surface area contributed by atoms with Crippen molar-refractivity contribution >= 4 is 34.9 Å². The summed E-state index contributed by atoms with van der Waals surface area (Å²) in [6.07, 6.45) is 4.09. The van der Waals surface area contributed by atoms with Crippen LogP contribution < -0.4 is 0 Å². The van der Waals surface area contributed by atoms with Crippen LogP contribution in [-0.4, -0.2) is 34.2 Å². The lowest BCUT2D eigenvalue weighted by Gasteiger charge is -2.25. The van der Waals surface area contributed by atoms with Gasteiger partial charge in [0.15, 0.2) is 5.78 Å². The molecule has 0 aromatic rings. The Labute approximate surface area is 148 Å². The van der Waals surface area contributed by atoms with Gasteiger partial charge in [0.05, 0.1) is 11.3 Å². The van der Waals surface area contributed by atoms with Gasteiger partial charge in [-0.05, 0) is 30.6 Å². The van der Waals surface area contributed by atoms with Crippen LogP contribution in [0.3, 0.4) is 0 Å². The molecule has 0 radical (unpaired) electrons. The summed E-state index contributed by atoms with van der Waals surface area (Å²) in [7, 11) is 0. The van der Waals surface area contributed by atoms with Gasteiger partial charge in [-0.25, -0.2) is 0 Å². The van der Waals surface area contributed by atoms with Gasteiger partial charge in [0.1, 0.15) is 12.4 Å². The largest absolute Gasteiger partial charge is 0.511 e. The summed E-state index contributed by atoms with van der Waals surface area (Å²) in [5, 5.41) is 14.8. The van der Waals surface area contributed by atoms with Crippen LogP contribution in [0.4, 0.5) is 0 Å². The van der Waals surface area contributed by atoms with Crippen LogP contribution in [0, 0.1) is 5.92 Å². The minimum absolute atomic E-state index is 0.0375. The molecular formula is C17H26ClNO3S. The zero-order chi connectivity index (χ0) is 17.2. The number of aliphatic hydroxyl groups excluding tert-OH is 1. The van der Waals surface area contributed by atoms with Crippen molar-refractivity contribution in [3.63, 3.8) is 0 Å². The highest BCUT2D eigenvalue weighted by Crippen LogP contribution is 2.32. The molecule has 23 heavy (non-hydrogen) atoms. The minimum atomic E-state index is -0.0375. The molecule has 1 N–H and O–H groups in total. The van der Waals surface area contributed by atoms with E-state index < -0.39 is 0 Å². The van der Waals surface area contributed by atoms with Crippen molar-refractivity contribution in [3.8, 4) is 0 Å². The molecule has 4 nitrogen and oxygen atoms in total. The zero-order valence-electron chi connectivity index (χ0n) is 14.0. The number of nitrogens with zero attached hydrogens (tertiary/aromatic N) is 1. The van der Waals surface area contributed by atoms with Crippen LogP contribution >= 0.6 is 23.4 Å². The van der Waals surface area contributed by atoms with Gasteiger partial charge in [-0.3, -0.25) is 4.79 Å². The quantitative estimate of drug-likeness (QED) is 0.363. The minimum Gasteiger partial charge on any atom is -0.511 e. The van der Waals surface area contributed by atoms with E-state index in [1.165, 1.54) is 5.54 Å². The van der Waals surface area contributed by atoms with E-state index in [9.17, 15) is 9.90 Å². The Morgan fingerprint density at radius 3 is 2.83 bits per heavy atom. The van der Waals surface area contributed by atoms with E-state index in [0.29, 0.717) is 35.8 Å². The van der Waals surface area contributed by atoms with Gasteiger partial charge in [0, 0.05) is 23.6 Å². The molecule has 0 aromatic heterocycles. The van der Waals surface area contributed by atoms with Crippen LogP contribution in [0.25, 0.3) is 0 Å². The molecule has 0 aliphatic heterocycles. The normalized spacial score (nSPS) is 21.1. The van der Waals surface area contributed by atoms with Crippen molar-refractivity contribution in [1.29, 1.82) is 0 Å². The molecule has 1 rings (SSSR count). The van der Waals surface area contributed by atoms with Crippen LogP contribution in [-0.2, 0) is 9.63 Å². The summed E-state index contributed by atoms with van der Waals surface area (Å²) in [4.78, 5) is 17.6. The number of allylic oxidation sites excluding steroid dienone is 2. The Hall–Kier alpha value is -0.940. The molecule has 2 atom stereocenters. The first-order valence-electron chi connectivity index (χ1n) is 8.04. The molecule has 0 spiro atoms. The number of aliphatic hydroxyl groups is 1. The van der Waals surface area contributed by atoms with Gasteiger partial charge < -0.3 is 9.94 Å². The second-order valence-electron chi connectivity index (χ2n) is 5.57. The van der Waals surface area contributed by atoms with E-state index >= 15 is 0 Å². The lowest BCUT2D eigenvalue weighted by atomic mass is 9.82. The fourth-order valence-electron chi connectivity index (χ4n) is 2.77. The Kier molecular flexibility index (Phi) is 9.41. The summed E-state index contributed by atoms with van der Waals surface area (Å²) in [6, 6.07) is 0. The van der Waals surface area contributed by atoms with Crippen LogP contribution in [0.1, 0.15) is 46.5 Å². The average Bonchev–Trinajstić information content (AvgIpc) is 2.49. The molecule has 6 heteroatoms. The molecule has 1 aliphatic rings. The van der Waals surface area contributed by atoms with Crippen molar-refractivity contribution in [3.05, 3.63) is 22.9 Å². The molecule has 0 heterocycles. The molecule has 0 unspecified atom stereocenters. The number of carbonyl (C=O) groups is 1. The van der Waals surface area contributed by atoms with E-state index in [0.717, 1.165) is 12.2 Å². The molecule has 130 valence electrons. The Bertz CT molecular complexity index is 488. The number of rotatable bonds is 9. The number of oxime groups is 1. The summed E-state index contributed by atoms with van der Waals surface area (Å²) >= 11 is 7.30. The van der Waals surface area contributed by atoms with E-state index in [1.807, 2.05) is 18.7 Å². The van der Waals surface area contributed by atoms with E-state index in [2.05, 4.69) is 19.0 Å². The van der Waals surface area contributed by atoms with Crippen molar-refractivity contribution in [1.82, 2.24) is 0 Å². The van der Waals surface area contributed by atoms with E-state index in [4.69, 9.17) is 16.4 Å². The lowest BCUT2D eigenvalue weighted by molar-refractivity contribution is -0.116. The van der Waals surface area contributed by atoms with Crippen molar-refractivity contribution in [2.75, 3.05) is 12.4 Å². The number of Topliss-reactive ketones (excluding diaryl/α,β-unsaturated/α-hetero) is 1. The number of hydrogen-bond acceptors (Lipinski definition) is 5. The van der Waals surface area contributed by atoms with Gasteiger partial charge in [-0.2, -0.15) is 11.8 Å². The monoisotopic (exact) mass is 359 g/mol. The maximum Gasteiger partial charge on any atom is 0.168 e. The van der Waals surface area contributed by atoms with Gasteiger partial charge in [-0.1, -0.05) is 37.5 Å². The third-order valence-electron chi connectivity index (χ3n) is 3.70. The average molecular weight is 360 g/mol. The van der Waals surface area contributed by atoms with Gasteiger partial charge in [-0.15, -0.1) is 0 Å². The van der Waals surface area contributed by atoms with Gasteiger partial charge >= 0.3 is 0 Å². The first-order chi connectivity index (χ1) is 11.0. The first kappa shape index (κ1) is 20.1. The highest BCUT2D eigenvalue weighted by Gasteiger charge is 2.31. The second kappa shape index (κ2) is 10.8. The Balaban J connectivity index is 2.79. The number of hydrogen-bond donors (Lipinski definition) is 1. The molecule has 0 amide bonds. The highest BCUT2D eigenvalue weighted by atomic mass is 35.5. The first-order valence-corrected chi connectivity index (χ1v) is 9.53. The van der Waals surface area contributed by atoms with Crippen LogP contribution in [0.15, 0.2) is 28.1 Å². The fraction of sp³-hybridized carbons (Fsp3) is 0.647. The van der Waals surface area contributed by atoms with Gasteiger partial charge in [0.25, 0.3) is 0 Å². The molecule has 0 saturated carbocycles. The maximum atomic E-state index is 12.4. The van der Waals surface area contributed by atoms with Crippen LogP contribution in [0.5, 0.6) is 0 Å². The topological polar surface area (TPSA) is 58.9 Å². The summed E-state index contributed by atoms with van der Waals surface area (Å²) in [5.74, 6) is 1.38. The predicted molar refractivity (Wildman–Crippen MR) is 98.3 cm³/mol. The molecule has 0 aromatic carbocycles. The second-order valence-corrected chi connectivity index (χ2v) is 7.54. The molecule has 1 aliphatic carbocycles.